The van der Waals surface area contributed by atoms with Crippen LogP contribution in [-0.2, 0) is 6.18 Å². The standard InChI is InChI=1S/C11H6F3N3O4/c12-11(13,14)8-3-7(17(20)21)1-2-9(8)16-5-6(4-15-16)10(18)19/h1-5H,(H,18,19). The molecule has 0 saturated heterocycles. The maximum Gasteiger partial charge on any atom is 0.418 e. The van der Waals surface area contributed by atoms with Gasteiger partial charge in [0.25, 0.3) is 5.69 Å². The van der Waals surface area contributed by atoms with Crippen molar-refractivity contribution < 1.29 is 28.0 Å². The summed E-state index contributed by atoms with van der Waals surface area (Å²) in [4.78, 5) is 20.3. The summed E-state index contributed by atoms with van der Waals surface area (Å²) in [5.41, 5.74) is -2.81. The van der Waals surface area contributed by atoms with Crippen molar-refractivity contribution in [1.29, 1.82) is 0 Å². The van der Waals surface area contributed by atoms with E-state index in [1.165, 1.54) is 0 Å². The predicted octanol–water partition coefficient (Wildman–Crippen LogP) is 2.50. The Balaban J connectivity index is 2.61. The van der Waals surface area contributed by atoms with Crippen LogP contribution in [0.3, 0.4) is 0 Å². The van der Waals surface area contributed by atoms with E-state index in [0.717, 1.165) is 24.5 Å². The Kier molecular flexibility index (Phi) is 3.37. The first-order chi connectivity index (χ1) is 9.70. The van der Waals surface area contributed by atoms with Gasteiger partial charge in [-0.2, -0.15) is 18.3 Å². The Morgan fingerprint density at radius 1 is 1.38 bits per heavy atom. The molecule has 0 amide bonds. The fourth-order valence-corrected chi connectivity index (χ4v) is 1.63. The molecule has 0 radical (unpaired) electrons. The van der Waals surface area contributed by atoms with Crippen molar-refractivity contribution in [3.8, 4) is 5.69 Å². The van der Waals surface area contributed by atoms with E-state index in [0.29, 0.717) is 10.7 Å². The third-order valence-electron chi connectivity index (χ3n) is 2.57. The summed E-state index contributed by atoms with van der Waals surface area (Å²) in [7, 11) is 0. The van der Waals surface area contributed by atoms with Gasteiger partial charge in [0.05, 0.1) is 27.9 Å². The Morgan fingerprint density at radius 2 is 2.05 bits per heavy atom. The minimum Gasteiger partial charge on any atom is -0.478 e. The Hall–Kier alpha value is -2.91. The van der Waals surface area contributed by atoms with E-state index in [1.54, 1.807) is 0 Å². The molecule has 2 rings (SSSR count). The highest BCUT2D eigenvalue weighted by atomic mass is 19.4. The Bertz CT molecular complexity index is 724. The number of alkyl halides is 3. The van der Waals surface area contributed by atoms with Crippen LogP contribution in [0.25, 0.3) is 5.69 Å². The Morgan fingerprint density at radius 3 is 2.52 bits per heavy atom. The first kappa shape index (κ1) is 14.5. The summed E-state index contributed by atoms with van der Waals surface area (Å²) in [5, 5.41) is 22.8. The van der Waals surface area contributed by atoms with Crippen LogP contribution in [0.15, 0.2) is 30.6 Å². The van der Waals surface area contributed by atoms with Gasteiger partial charge in [-0.15, -0.1) is 0 Å². The van der Waals surface area contributed by atoms with Gasteiger partial charge in [0.1, 0.15) is 0 Å². The maximum atomic E-state index is 13.0. The van der Waals surface area contributed by atoms with Crippen LogP contribution in [-0.4, -0.2) is 25.8 Å². The highest BCUT2D eigenvalue weighted by Crippen LogP contribution is 2.35. The second kappa shape index (κ2) is 4.89. The lowest BCUT2D eigenvalue weighted by Crippen LogP contribution is -2.11. The lowest BCUT2D eigenvalue weighted by atomic mass is 10.1. The summed E-state index contributed by atoms with van der Waals surface area (Å²) in [6.07, 6.45) is -3.08. The van der Waals surface area contributed by atoms with Crippen molar-refractivity contribution in [3.05, 3.63) is 51.8 Å². The monoisotopic (exact) mass is 301 g/mol. The number of carbonyl (C=O) groups is 1. The number of nitro benzene ring substituents is 1. The molecule has 0 aliphatic rings. The van der Waals surface area contributed by atoms with Gasteiger partial charge in [0.2, 0.25) is 0 Å². The molecule has 0 fully saturated rings. The number of non-ortho nitro benzene ring substituents is 1. The molecule has 2 aromatic rings. The number of aromatic carboxylic acids is 1. The first-order valence-corrected chi connectivity index (χ1v) is 5.34. The molecule has 1 aromatic carbocycles. The number of benzene rings is 1. The van der Waals surface area contributed by atoms with Gasteiger partial charge < -0.3 is 5.11 Å². The third-order valence-corrected chi connectivity index (χ3v) is 2.57. The van der Waals surface area contributed by atoms with Crippen molar-refractivity contribution in [2.45, 2.75) is 6.18 Å². The molecular weight excluding hydrogens is 295 g/mol. The minimum absolute atomic E-state index is 0.304. The van der Waals surface area contributed by atoms with Crippen LogP contribution in [0.2, 0.25) is 0 Å². The van der Waals surface area contributed by atoms with E-state index in [2.05, 4.69) is 5.10 Å². The summed E-state index contributed by atoms with van der Waals surface area (Å²) >= 11 is 0. The average Bonchev–Trinajstić information content (AvgIpc) is 2.86. The second-order valence-electron chi connectivity index (χ2n) is 3.94. The van der Waals surface area contributed by atoms with Gasteiger partial charge in [-0.05, 0) is 6.07 Å². The van der Waals surface area contributed by atoms with Crippen LogP contribution in [0.4, 0.5) is 18.9 Å². The summed E-state index contributed by atoms with van der Waals surface area (Å²) < 4.78 is 39.6. The number of rotatable bonds is 3. The molecule has 21 heavy (non-hydrogen) atoms. The number of nitrogens with zero attached hydrogens (tertiary/aromatic N) is 3. The molecule has 1 heterocycles. The van der Waals surface area contributed by atoms with Gasteiger partial charge in [-0.3, -0.25) is 10.1 Å². The predicted molar refractivity (Wildman–Crippen MR) is 62.2 cm³/mol. The maximum absolute atomic E-state index is 13.0. The quantitative estimate of drug-likeness (QED) is 0.693. The van der Waals surface area contributed by atoms with Crippen molar-refractivity contribution >= 4 is 11.7 Å². The fraction of sp³-hybridized carbons (Fsp3) is 0.0909. The van der Waals surface area contributed by atoms with E-state index in [4.69, 9.17) is 5.11 Å². The third kappa shape index (κ3) is 2.83. The molecule has 7 nitrogen and oxygen atoms in total. The lowest BCUT2D eigenvalue weighted by molar-refractivity contribution is -0.385. The van der Waals surface area contributed by atoms with Crippen LogP contribution >= 0.6 is 0 Å². The number of hydrogen-bond donors (Lipinski definition) is 1. The van der Waals surface area contributed by atoms with E-state index in [9.17, 15) is 28.1 Å². The number of aromatic nitrogens is 2. The highest BCUT2D eigenvalue weighted by Gasteiger charge is 2.36. The minimum atomic E-state index is -4.85. The highest BCUT2D eigenvalue weighted by molar-refractivity contribution is 5.87. The molecule has 0 spiro atoms. The molecule has 10 heteroatoms. The zero-order valence-corrected chi connectivity index (χ0v) is 10.0. The number of hydrogen-bond acceptors (Lipinski definition) is 4. The lowest BCUT2D eigenvalue weighted by Gasteiger charge is -2.12. The zero-order valence-electron chi connectivity index (χ0n) is 10.0. The summed E-state index contributed by atoms with van der Waals surface area (Å²) in [5.74, 6) is -1.35. The smallest absolute Gasteiger partial charge is 0.418 e. The Labute approximate surface area is 114 Å². The second-order valence-corrected chi connectivity index (χ2v) is 3.94. The van der Waals surface area contributed by atoms with Gasteiger partial charge in [0.15, 0.2) is 0 Å². The summed E-state index contributed by atoms with van der Waals surface area (Å²) in [6, 6.07) is 2.11. The van der Waals surface area contributed by atoms with E-state index < -0.39 is 34.0 Å². The molecule has 1 aromatic heterocycles. The molecule has 1 N–H and O–H groups in total. The van der Waals surface area contributed by atoms with Crippen LogP contribution in [0, 0.1) is 10.1 Å². The van der Waals surface area contributed by atoms with Crippen LogP contribution in [0.5, 0.6) is 0 Å². The van der Waals surface area contributed by atoms with Crippen LogP contribution < -0.4 is 0 Å². The van der Waals surface area contributed by atoms with E-state index >= 15 is 0 Å². The van der Waals surface area contributed by atoms with Crippen LogP contribution in [0.1, 0.15) is 15.9 Å². The molecule has 0 aliphatic heterocycles. The average molecular weight is 301 g/mol. The van der Waals surface area contributed by atoms with Gasteiger partial charge in [-0.1, -0.05) is 0 Å². The number of carboxylic acids is 1. The first-order valence-electron chi connectivity index (χ1n) is 5.34. The number of carboxylic acid groups (broad SMARTS) is 1. The molecule has 0 bridgehead atoms. The zero-order chi connectivity index (χ0) is 15.8. The van der Waals surface area contributed by atoms with Crippen molar-refractivity contribution in [2.24, 2.45) is 0 Å². The largest absolute Gasteiger partial charge is 0.478 e. The molecule has 110 valence electrons. The van der Waals surface area contributed by atoms with Crippen molar-refractivity contribution in [2.75, 3.05) is 0 Å². The molecule has 0 saturated carbocycles. The van der Waals surface area contributed by atoms with Gasteiger partial charge in [0, 0.05) is 18.3 Å². The van der Waals surface area contributed by atoms with E-state index in [-0.39, 0.29) is 5.56 Å². The van der Waals surface area contributed by atoms with Gasteiger partial charge >= 0.3 is 12.1 Å². The molecular formula is C11H6F3N3O4. The van der Waals surface area contributed by atoms with Crippen molar-refractivity contribution in [3.63, 3.8) is 0 Å². The fourth-order valence-electron chi connectivity index (χ4n) is 1.63. The van der Waals surface area contributed by atoms with Crippen molar-refractivity contribution in [1.82, 2.24) is 9.78 Å². The summed E-state index contributed by atoms with van der Waals surface area (Å²) in [6.45, 7) is 0. The topological polar surface area (TPSA) is 98.3 Å². The van der Waals surface area contributed by atoms with E-state index in [1.807, 2.05) is 0 Å². The molecule has 0 unspecified atom stereocenters. The molecule has 0 aliphatic carbocycles. The SMILES string of the molecule is O=C(O)c1cnn(-c2ccc([N+](=O)[O-])cc2C(F)(F)F)c1. The number of halogens is 3. The number of nitro groups is 1. The van der Waals surface area contributed by atoms with Gasteiger partial charge in [-0.25, -0.2) is 9.48 Å². The normalized spacial score (nSPS) is 11.4. The molecule has 0 atom stereocenters.